The molecule has 0 spiro atoms. The van der Waals surface area contributed by atoms with Crippen molar-refractivity contribution in [3.8, 4) is 0 Å². The van der Waals surface area contributed by atoms with Gasteiger partial charge >= 0.3 is 5.97 Å². The number of halogens is 1. The van der Waals surface area contributed by atoms with E-state index in [1.165, 1.54) is 36.4 Å². The topological polar surface area (TPSA) is 82.4 Å². The lowest BCUT2D eigenvalue weighted by Gasteiger charge is -2.10. The van der Waals surface area contributed by atoms with Gasteiger partial charge in [-0.25, -0.2) is 17.6 Å². The second kappa shape index (κ2) is 8.85. The number of Topliss-reactive ketones (excluding diaryl/α,β-unsaturated/α-hetero) is 1. The van der Waals surface area contributed by atoms with Gasteiger partial charge in [-0.05, 0) is 61.9 Å². The maximum atomic E-state index is 13.1. The quantitative estimate of drug-likeness (QED) is 0.410. The van der Waals surface area contributed by atoms with Crippen LogP contribution >= 0.6 is 0 Å². The molecule has 0 bridgehead atoms. The molecule has 3 aromatic rings. The van der Waals surface area contributed by atoms with Gasteiger partial charge in [0.25, 0.3) is 0 Å². The standard InChI is InChI=1S/C23H22FNO5S/c1-15-12-21(16(2)25(15)13-17-4-8-19(24)9-5-17)22(26)14-30-23(27)18-6-10-20(11-7-18)31(3,28)29/h4-12H,13-14H2,1-3H3. The predicted molar refractivity (Wildman–Crippen MR) is 114 cm³/mol. The minimum absolute atomic E-state index is 0.0914. The number of aromatic nitrogens is 1. The van der Waals surface area contributed by atoms with E-state index in [1.807, 2.05) is 11.5 Å². The number of rotatable bonds is 7. The molecule has 162 valence electrons. The van der Waals surface area contributed by atoms with E-state index in [0.717, 1.165) is 23.2 Å². The van der Waals surface area contributed by atoms with Crippen LogP contribution in [0, 0.1) is 19.7 Å². The van der Waals surface area contributed by atoms with Gasteiger partial charge in [0, 0.05) is 29.8 Å². The molecule has 6 nitrogen and oxygen atoms in total. The molecule has 0 saturated carbocycles. The summed E-state index contributed by atoms with van der Waals surface area (Å²) in [6.07, 6.45) is 1.07. The Morgan fingerprint density at radius 3 is 2.19 bits per heavy atom. The Hall–Kier alpha value is -3.26. The van der Waals surface area contributed by atoms with E-state index < -0.39 is 22.4 Å². The molecule has 0 fully saturated rings. The van der Waals surface area contributed by atoms with E-state index in [1.54, 1.807) is 25.1 Å². The van der Waals surface area contributed by atoms with E-state index in [0.29, 0.717) is 12.1 Å². The van der Waals surface area contributed by atoms with Crippen molar-refractivity contribution in [3.05, 3.63) is 88.5 Å². The number of esters is 1. The lowest BCUT2D eigenvalue weighted by Crippen LogP contribution is -2.15. The van der Waals surface area contributed by atoms with Crippen LogP contribution < -0.4 is 0 Å². The highest BCUT2D eigenvalue weighted by Crippen LogP contribution is 2.19. The van der Waals surface area contributed by atoms with E-state index >= 15 is 0 Å². The first-order chi connectivity index (χ1) is 14.6. The first-order valence-corrected chi connectivity index (χ1v) is 11.4. The lowest BCUT2D eigenvalue weighted by atomic mass is 10.1. The molecule has 0 aliphatic carbocycles. The summed E-state index contributed by atoms with van der Waals surface area (Å²) in [5.41, 5.74) is 3.07. The van der Waals surface area contributed by atoms with Crippen molar-refractivity contribution >= 4 is 21.6 Å². The van der Waals surface area contributed by atoms with Crippen LogP contribution in [-0.2, 0) is 21.1 Å². The Balaban J connectivity index is 1.68. The molecule has 0 unspecified atom stereocenters. The maximum Gasteiger partial charge on any atom is 0.338 e. The number of sulfone groups is 1. The summed E-state index contributed by atoms with van der Waals surface area (Å²) in [5, 5.41) is 0. The monoisotopic (exact) mass is 443 g/mol. The number of hydrogen-bond acceptors (Lipinski definition) is 5. The Labute approximate surface area is 180 Å². The van der Waals surface area contributed by atoms with Crippen LogP contribution in [-0.4, -0.2) is 37.6 Å². The van der Waals surface area contributed by atoms with Gasteiger partial charge in [-0.3, -0.25) is 4.79 Å². The first kappa shape index (κ1) is 22.4. The minimum Gasteiger partial charge on any atom is -0.454 e. The second-order valence-electron chi connectivity index (χ2n) is 7.29. The maximum absolute atomic E-state index is 13.1. The number of ketones is 1. The van der Waals surface area contributed by atoms with Crippen molar-refractivity contribution < 1.29 is 27.1 Å². The lowest BCUT2D eigenvalue weighted by molar-refractivity contribution is 0.0474. The zero-order valence-electron chi connectivity index (χ0n) is 17.4. The van der Waals surface area contributed by atoms with Crippen LogP contribution in [0.1, 0.15) is 37.7 Å². The summed E-state index contributed by atoms with van der Waals surface area (Å²) in [7, 11) is -3.37. The van der Waals surface area contributed by atoms with Crippen LogP contribution in [0.5, 0.6) is 0 Å². The summed E-state index contributed by atoms with van der Waals surface area (Å²) in [6, 6.07) is 13.2. The number of hydrogen-bond donors (Lipinski definition) is 0. The third-order valence-corrected chi connectivity index (χ3v) is 6.11. The Morgan fingerprint density at radius 2 is 1.61 bits per heavy atom. The van der Waals surface area contributed by atoms with Crippen molar-refractivity contribution in [2.75, 3.05) is 12.9 Å². The molecule has 0 amide bonds. The smallest absolute Gasteiger partial charge is 0.338 e. The first-order valence-electron chi connectivity index (χ1n) is 9.48. The molecule has 0 atom stereocenters. The molecule has 3 rings (SSSR count). The predicted octanol–water partition coefficient (Wildman–Crippen LogP) is 3.74. The molecule has 2 aromatic carbocycles. The molecule has 0 aliphatic rings. The highest BCUT2D eigenvalue weighted by molar-refractivity contribution is 7.90. The zero-order valence-corrected chi connectivity index (χ0v) is 18.2. The molecule has 1 aromatic heterocycles. The number of ether oxygens (including phenoxy) is 1. The fourth-order valence-corrected chi connectivity index (χ4v) is 3.86. The number of benzene rings is 2. The third kappa shape index (κ3) is 5.27. The van der Waals surface area contributed by atoms with Gasteiger partial charge in [0.2, 0.25) is 5.78 Å². The Kier molecular flexibility index (Phi) is 6.40. The normalized spacial score (nSPS) is 11.4. The van der Waals surface area contributed by atoms with Gasteiger partial charge in [0.15, 0.2) is 16.4 Å². The summed E-state index contributed by atoms with van der Waals surface area (Å²) in [6.45, 7) is 3.71. The highest BCUT2D eigenvalue weighted by Gasteiger charge is 2.18. The van der Waals surface area contributed by atoms with Crippen LogP contribution in [0.15, 0.2) is 59.5 Å². The van der Waals surface area contributed by atoms with Crippen molar-refractivity contribution in [1.29, 1.82) is 0 Å². The molecular formula is C23H22FNO5S. The van der Waals surface area contributed by atoms with E-state index in [-0.39, 0.29) is 22.1 Å². The van der Waals surface area contributed by atoms with Crippen LogP contribution in [0.3, 0.4) is 0 Å². The van der Waals surface area contributed by atoms with E-state index in [2.05, 4.69) is 0 Å². The Morgan fingerprint density at radius 1 is 1.00 bits per heavy atom. The second-order valence-corrected chi connectivity index (χ2v) is 9.31. The number of aryl methyl sites for hydroxylation is 1. The van der Waals surface area contributed by atoms with Crippen molar-refractivity contribution in [1.82, 2.24) is 4.57 Å². The van der Waals surface area contributed by atoms with Crippen molar-refractivity contribution in [2.45, 2.75) is 25.3 Å². The summed E-state index contributed by atoms with van der Waals surface area (Å²) < 4.78 is 43.2. The molecule has 8 heteroatoms. The molecule has 0 N–H and O–H groups in total. The summed E-state index contributed by atoms with van der Waals surface area (Å²) in [5.74, 6) is -1.37. The molecule has 0 radical (unpaired) electrons. The molecule has 31 heavy (non-hydrogen) atoms. The number of carbonyl (C=O) groups excluding carboxylic acids is 2. The van der Waals surface area contributed by atoms with Gasteiger partial charge in [-0.15, -0.1) is 0 Å². The fraction of sp³-hybridized carbons (Fsp3) is 0.217. The number of nitrogens with zero attached hydrogens (tertiary/aromatic N) is 1. The number of carbonyl (C=O) groups is 2. The van der Waals surface area contributed by atoms with Crippen LogP contribution in [0.4, 0.5) is 4.39 Å². The summed E-state index contributed by atoms with van der Waals surface area (Å²) in [4.78, 5) is 24.9. The van der Waals surface area contributed by atoms with Gasteiger partial charge < -0.3 is 9.30 Å². The molecular weight excluding hydrogens is 421 g/mol. The third-order valence-electron chi connectivity index (χ3n) is 4.98. The van der Waals surface area contributed by atoms with E-state index in [9.17, 15) is 22.4 Å². The van der Waals surface area contributed by atoms with Crippen LogP contribution in [0.2, 0.25) is 0 Å². The average molecular weight is 443 g/mol. The van der Waals surface area contributed by atoms with Gasteiger partial charge in [-0.2, -0.15) is 0 Å². The SMILES string of the molecule is Cc1cc(C(=O)COC(=O)c2ccc(S(C)(=O)=O)cc2)c(C)n1Cc1ccc(F)cc1. The molecule has 0 saturated heterocycles. The largest absolute Gasteiger partial charge is 0.454 e. The van der Waals surface area contributed by atoms with Crippen molar-refractivity contribution in [2.24, 2.45) is 0 Å². The molecule has 0 aliphatic heterocycles. The minimum atomic E-state index is -3.37. The van der Waals surface area contributed by atoms with Crippen molar-refractivity contribution in [3.63, 3.8) is 0 Å². The van der Waals surface area contributed by atoms with Crippen LogP contribution in [0.25, 0.3) is 0 Å². The van der Waals surface area contributed by atoms with Gasteiger partial charge in [0.1, 0.15) is 5.82 Å². The molecule has 1 heterocycles. The van der Waals surface area contributed by atoms with Gasteiger partial charge in [0.05, 0.1) is 10.5 Å². The average Bonchev–Trinajstić information content (AvgIpc) is 3.01. The van der Waals surface area contributed by atoms with Gasteiger partial charge in [-0.1, -0.05) is 12.1 Å². The highest BCUT2D eigenvalue weighted by atomic mass is 32.2. The van der Waals surface area contributed by atoms with E-state index in [4.69, 9.17) is 4.74 Å². The Bertz CT molecular complexity index is 1230. The fourth-order valence-electron chi connectivity index (χ4n) is 3.23. The zero-order chi connectivity index (χ0) is 22.8. The summed E-state index contributed by atoms with van der Waals surface area (Å²) >= 11 is 0.